The molecule has 0 amide bonds. The molecule has 2 atom stereocenters. The SMILES string of the molecule is CCCCC(NC1CCCc2ccccc21)C(=O)O. The summed E-state index contributed by atoms with van der Waals surface area (Å²) in [7, 11) is 0. The van der Waals surface area contributed by atoms with Gasteiger partial charge >= 0.3 is 5.97 Å². The molecule has 0 spiro atoms. The quantitative estimate of drug-likeness (QED) is 0.826. The highest BCUT2D eigenvalue weighted by atomic mass is 16.4. The van der Waals surface area contributed by atoms with Gasteiger partial charge < -0.3 is 5.11 Å². The van der Waals surface area contributed by atoms with Crippen LogP contribution in [0, 0.1) is 0 Å². The predicted octanol–water partition coefficient (Wildman–Crippen LogP) is 3.30. The molecule has 2 N–H and O–H groups in total. The molecule has 3 nitrogen and oxygen atoms in total. The molecule has 0 aromatic heterocycles. The van der Waals surface area contributed by atoms with Gasteiger partial charge in [0.05, 0.1) is 0 Å². The van der Waals surface area contributed by atoms with Gasteiger partial charge in [0.15, 0.2) is 0 Å². The molecule has 1 aliphatic rings. The van der Waals surface area contributed by atoms with E-state index >= 15 is 0 Å². The van der Waals surface area contributed by atoms with Crippen LogP contribution in [0.15, 0.2) is 24.3 Å². The minimum absolute atomic E-state index is 0.197. The van der Waals surface area contributed by atoms with Crippen LogP contribution in [0.5, 0.6) is 0 Å². The van der Waals surface area contributed by atoms with Crippen molar-refractivity contribution in [3.8, 4) is 0 Å². The minimum Gasteiger partial charge on any atom is -0.480 e. The van der Waals surface area contributed by atoms with Gasteiger partial charge in [-0.2, -0.15) is 0 Å². The highest BCUT2D eigenvalue weighted by molar-refractivity contribution is 5.73. The Morgan fingerprint density at radius 2 is 2.26 bits per heavy atom. The van der Waals surface area contributed by atoms with Gasteiger partial charge in [-0.1, -0.05) is 44.0 Å². The minimum atomic E-state index is -0.725. The van der Waals surface area contributed by atoms with Crippen LogP contribution in [-0.4, -0.2) is 17.1 Å². The summed E-state index contributed by atoms with van der Waals surface area (Å²) in [5, 5.41) is 12.7. The fraction of sp³-hybridized carbons (Fsp3) is 0.562. The number of carboxylic acids is 1. The van der Waals surface area contributed by atoms with Crippen molar-refractivity contribution in [2.24, 2.45) is 0 Å². The van der Waals surface area contributed by atoms with Crippen molar-refractivity contribution in [1.29, 1.82) is 0 Å². The average molecular weight is 261 g/mol. The number of unbranched alkanes of at least 4 members (excludes halogenated alkanes) is 1. The number of aryl methyl sites for hydroxylation is 1. The van der Waals surface area contributed by atoms with E-state index in [9.17, 15) is 9.90 Å². The molecule has 2 rings (SSSR count). The number of benzene rings is 1. The monoisotopic (exact) mass is 261 g/mol. The molecule has 0 bridgehead atoms. The number of nitrogens with one attached hydrogen (secondary N) is 1. The highest BCUT2D eigenvalue weighted by Gasteiger charge is 2.25. The first-order valence-corrected chi connectivity index (χ1v) is 7.29. The molecular weight excluding hydrogens is 238 g/mol. The van der Waals surface area contributed by atoms with Gasteiger partial charge in [0.2, 0.25) is 0 Å². The summed E-state index contributed by atoms with van der Waals surface area (Å²) in [6.45, 7) is 2.09. The van der Waals surface area contributed by atoms with Gasteiger partial charge in [-0.3, -0.25) is 10.1 Å². The van der Waals surface area contributed by atoms with Gasteiger partial charge in [0, 0.05) is 6.04 Å². The Kier molecular flexibility index (Phi) is 4.97. The van der Waals surface area contributed by atoms with Crippen molar-refractivity contribution < 1.29 is 9.90 Å². The van der Waals surface area contributed by atoms with E-state index in [0.29, 0.717) is 6.42 Å². The number of hydrogen-bond acceptors (Lipinski definition) is 2. The van der Waals surface area contributed by atoms with Gasteiger partial charge in [0.25, 0.3) is 0 Å². The predicted molar refractivity (Wildman–Crippen MR) is 76.2 cm³/mol. The molecule has 1 aromatic carbocycles. The summed E-state index contributed by atoms with van der Waals surface area (Å²) in [6.07, 6.45) is 5.98. The number of carboxylic acid groups (broad SMARTS) is 1. The van der Waals surface area contributed by atoms with Crippen molar-refractivity contribution in [2.45, 2.75) is 57.5 Å². The zero-order chi connectivity index (χ0) is 13.7. The first kappa shape index (κ1) is 14.1. The topological polar surface area (TPSA) is 49.3 Å². The highest BCUT2D eigenvalue weighted by Crippen LogP contribution is 2.30. The van der Waals surface area contributed by atoms with Crippen molar-refractivity contribution in [3.63, 3.8) is 0 Å². The van der Waals surface area contributed by atoms with Crippen LogP contribution in [0.2, 0.25) is 0 Å². The van der Waals surface area contributed by atoms with E-state index in [0.717, 1.165) is 32.1 Å². The lowest BCUT2D eigenvalue weighted by molar-refractivity contribution is -0.140. The van der Waals surface area contributed by atoms with Gasteiger partial charge in [0.1, 0.15) is 6.04 Å². The maximum Gasteiger partial charge on any atom is 0.320 e. The fourth-order valence-corrected chi connectivity index (χ4v) is 2.86. The number of rotatable bonds is 6. The summed E-state index contributed by atoms with van der Waals surface area (Å²) in [6, 6.07) is 8.17. The lowest BCUT2D eigenvalue weighted by atomic mass is 9.87. The van der Waals surface area contributed by atoms with E-state index in [1.54, 1.807) is 0 Å². The maximum absolute atomic E-state index is 11.3. The summed E-state index contributed by atoms with van der Waals surface area (Å²) in [5.74, 6) is -0.725. The Morgan fingerprint density at radius 1 is 1.47 bits per heavy atom. The molecule has 3 heteroatoms. The van der Waals surface area contributed by atoms with Crippen LogP contribution < -0.4 is 5.32 Å². The third-order valence-electron chi connectivity index (χ3n) is 3.92. The second-order valence-corrected chi connectivity index (χ2v) is 5.34. The van der Waals surface area contributed by atoms with E-state index in [1.165, 1.54) is 11.1 Å². The zero-order valence-electron chi connectivity index (χ0n) is 11.6. The second-order valence-electron chi connectivity index (χ2n) is 5.34. The molecule has 0 aliphatic heterocycles. The third-order valence-corrected chi connectivity index (χ3v) is 3.92. The summed E-state index contributed by atoms with van der Waals surface area (Å²) < 4.78 is 0. The molecule has 1 aromatic rings. The van der Waals surface area contributed by atoms with Crippen molar-refractivity contribution in [3.05, 3.63) is 35.4 Å². The molecule has 1 aliphatic carbocycles. The average Bonchev–Trinajstić information content (AvgIpc) is 2.43. The van der Waals surface area contributed by atoms with E-state index in [4.69, 9.17) is 0 Å². The summed E-state index contributed by atoms with van der Waals surface area (Å²) in [5.41, 5.74) is 2.65. The van der Waals surface area contributed by atoms with E-state index in [-0.39, 0.29) is 6.04 Å². The molecule has 104 valence electrons. The van der Waals surface area contributed by atoms with Crippen LogP contribution in [-0.2, 0) is 11.2 Å². The van der Waals surface area contributed by atoms with E-state index < -0.39 is 12.0 Å². The van der Waals surface area contributed by atoms with Crippen LogP contribution >= 0.6 is 0 Å². The number of aliphatic carboxylic acids is 1. The lowest BCUT2D eigenvalue weighted by Crippen LogP contribution is -2.40. The largest absolute Gasteiger partial charge is 0.480 e. The number of fused-ring (bicyclic) bond motifs is 1. The molecule has 0 heterocycles. The maximum atomic E-state index is 11.3. The van der Waals surface area contributed by atoms with Crippen molar-refractivity contribution in [1.82, 2.24) is 5.32 Å². The Hall–Kier alpha value is -1.35. The van der Waals surface area contributed by atoms with Crippen molar-refractivity contribution >= 4 is 5.97 Å². The van der Waals surface area contributed by atoms with Crippen LogP contribution in [0.1, 0.15) is 56.2 Å². The Morgan fingerprint density at radius 3 is 3.00 bits per heavy atom. The molecule has 0 radical (unpaired) electrons. The van der Waals surface area contributed by atoms with Crippen LogP contribution in [0.25, 0.3) is 0 Å². The molecule has 19 heavy (non-hydrogen) atoms. The second kappa shape index (κ2) is 6.71. The first-order chi connectivity index (χ1) is 9.22. The number of hydrogen-bond donors (Lipinski definition) is 2. The van der Waals surface area contributed by atoms with Gasteiger partial charge in [-0.15, -0.1) is 0 Å². The Bertz CT molecular complexity index is 431. The molecule has 2 unspecified atom stereocenters. The molecule has 0 saturated heterocycles. The summed E-state index contributed by atoms with van der Waals surface area (Å²) >= 11 is 0. The van der Waals surface area contributed by atoms with Crippen LogP contribution in [0.4, 0.5) is 0 Å². The normalized spacial score (nSPS) is 19.7. The van der Waals surface area contributed by atoms with Crippen molar-refractivity contribution in [2.75, 3.05) is 0 Å². The van der Waals surface area contributed by atoms with Gasteiger partial charge in [-0.05, 0) is 36.8 Å². The fourth-order valence-electron chi connectivity index (χ4n) is 2.86. The zero-order valence-corrected chi connectivity index (χ0v) is 11.6. The first-order valence-electron chi connectivity index (χ1n) is 7.29. The van der Waals surface area contributed by atoms with E-state index in [2.05, 4.69) is 30.4 Å². The smallest absolute Gasteiger partial charge is 0.320 e. The Labute approximate surface area is 115 Å². The molecular formula is C16H23NO2. The standard InChI is InChI=1S/C16H23NO2/c1-2-3-10-15(16(18)19)17-14-11-6-8-12-7-4-5-9-13(12)14/h4-5,7,9,14-15,17H,2-3,6,8,10-11H2,1H3,(H,18,19). The molecule has 0 fully saturated rings. The molecule has 0 saturated carbocycles. The van der Waals surface area contributed by atoms with Crippen LogP contribution in [0.3, 0.4) is 0 Å². The lowest BCUT2D eigenvalue weighted by Gasteiger charge is -2.29. The number of carbonyl (C=O) groups is 1. The Balaban J connectivity index is 2.08. The third kappa shape index (κ3) is 3.57. The van der Waals surface area contributed by atoms with Gasteiger partial charge in [-0.25, -0.2) is 0 Å². The van der Waals surface area contributed by atoms with E-state index in [1.807, 2.05) is 6.07 Å². The summed E-state index contributed by atoms with van der Waals surface area (Å²) in [4.78, 5) is 11.3.